The minimum absolute atomic E-state index is 0.0593. The first-order chi connectivity index (χ1) is 8.25. The van der Waals surface area contributed by atoms with Gasteiger partial charge in [-0.25, -0.2) is 0 Å². The van der Waals surface area contributed by atoms with E-state index in [1.54, 1.807) is 0 Å². The Labute approximate surface area is 108 Å². The Hall–Kier alpha value is -0.960. The molecule has 2 nitrogen and oxygen atoms in total. The van der Waals surface area contributed by atoms with Gasteiger partial charge in [-0.2, -0.15) is 12.6 Å². The molecule has 0 aromatic heterocycles. The number of rotatable bonds is 5. The third kappa shape index (κ3) is 3.77. The van der Waals surface area contributed by atoms with E-state index < -0.39 is 0 Å². The van der Waals surface area contributed by atoms with Crippen molar-refractivity contribution in [2.75, 3.05) is 6.54 Å². The minimum atomic E-state index is -0.238. The first-order valence-corrected chi connectivity index (χ1v) is 6.77. The van der Waals surface area contributed by atoms with Crippen LogP contribution in [0.4, 0.5) is 0 Å². The molecule has 0 aliphatic heterocycles. The normalized spacial score (nSPS) is 17.2. The summed E-state index contributed by atoms with van der Waals surface area (Å²) in [5.41, 5.74) is 1.16. The fraction of sp³-hybridized carbons (Fsp3) is 0.500. The van der Waals surface area contributed by atoms with Crippen LogP contribution in [0.2, 0.25) is 0 Å². The SMILES string of the molecule is O=C(NCC1CCC1)C(S)Cc1ccccc1. The fourth-order valence-electron chi connectivity index (χ4n) is 1.99. The average Bonchev–Trinajstić information content (AvgIpc) is 2.28. The smallest absolute Gasteiger partial charge is 0.233 e. The quantitative estimate of drug-likeness (QED) is 0.771. The molecule has 1 aromatic carbocycles. The van der Waals surface area contributed by atoms with Crippen molar-refractivity contribution in [3.63, 3.8) is 0 Å². The van der Waals surface area contributed by atoms with Gasteiger partial charge >= 0.3 is 0 Å². The van der Waals surface area contributed by atoms with Gasteiger partial charge < -0.3 is 5.32 Å². The van der Waals surface area contributed by atoms with Gasteiger partial charge in [0.15, 0.2) is 0 Å². The lowest BCUT2D eigenvalue weighted by Crippen LogP contribution is -2.37. The Morgan fingerprint density at radius 2 is 2.06 bits per heavy atom. The van der Waals surface area contributed by atoms with Gasteiger partial charge in [0.05, 0.1) is 5.25 Å². The van der Waals surface area contributed by atoms with Crippen molar-refractivity contribution in [1.82, 2.24) is 5.32 Å². The Morgan fingerprint density at radius 3 is 2.65 bits per heavy atom. The molecule has 1 saturated carbocycles. The first kappa shape index (κ1) is 12.5. The van der Waals surface area contributed by atoms with Gasteiger partial charge in [0.25, 0.3) is 0 Å². The van der Waals surface area contributed by atoms with Crippen molar-refractivity contribution in [2.24, 2.45) is 5.92 Å². The zero-order valence-corrected chi connectivity index (χ0v) is 10.8. The molecule has 0 bridgehead atoms. The molecule has 1 aromatic rings. The van der Waals surface area contributed by atoms with E-state index in [4.69, 9.17) is 0 Å². The van der Waals surface area contributed by atoms with Crippen molar-refractivity contribution in [3.8, 4) is 0 Å². The zero-order chi connectivity index (χ0) is 12.1. The molecule has 92 valence electrons. The summed E-state index contributed by atoms with van der Waals surface area (Å²) in [4.78, 5) is 11.8. The highest BCUT2D eigenvalue weighted by Gasteiger charge is 2.20. The second-order valence-corrected chi connectivity index (χ2v) is 5.37. The number of nitrogens with one attached hydrogen (secondary N) is 1. The van der Waals surface area contributed by atoms with Crippen molar-refractivity contribution in [2.45, 2.75) is 30.9 Å². The van der Waals surface area contributed by atoms with E-state index in [9.17, 15) is 4.79 Å². The summed E-state index contributed by atoms with van der Waals surface area (Å²) in [6, 6.07) is 10.0. The van der Waals surface area contributed by atoms with Crippen LogP contribution < -0.4 is 5.32 Å². The van der Waals surface area contributed by atoms with Gasteiger partial charge in [-0.1, -0.05) is 36.8 Å². The van der Waals surface area contributed by atoms with Crippen LogP contribution in [0.15, 0.2) is 30.3 Å². The molecule has 1 N–H and O–H groups in total. The highest BCUT2D eigenvalue weighted by molar-refractivity contribution is 7.81. The van der Waals surface area contributed by atoms with Gasteiger partial charge in [-0.15, -0.1) is 0 Å². The molecule has 1 fully saturated rings. The summed E-state index contributed by atoms with van der Waals surface area (Å²) in [6.45, 7) is 0.824. The van der Waals surface area contributed by atoms with Gasteiger partial charge in [0.2, 0.25) is 5.91 Å². The number of carbonyl (C=O) groups excluding carboxylic acids is 1. The van der Waals surface area contributed by atoms with Crippen molar-refractivity contribution in [1.29, 1.82) is 0 Å². The molecule has 0 heterocycles. The zero-order valence-electron chi connectivity index (χ0n) is 9.93. The van der Waals surface area contributed by atoms with E-state index in [1.807, 2.05) is 30.3 Å². The van der Waals surface area contributed by atoms with Crippen LogP contribution in [0.1, 0.15) is 24.8 Å². The van der Waals surface area contributed by atoms with E-state index in [2.05, 4.69) is 17.9 Å². The topological polar surface area (TPSA) is 29.1 Å². The summed E-state index contributed by atoms with van der Waals surface area (Å²) >= 11 is 4.37. The van der Waals surface area contributed by atoms with Gasteiger partial charge in [0, 0.05) is 6.54 Å². The molecule has 2 rings (SSSR count). The Kier molecular flexibility index (Phi) is 4.49. The highest BCUT2D eigenvalue weighted by atomic mass is 32.1. The van der Waals surface area contributed by atoms with Gasteiger partial charge in [-0.05, 0) is 30.7 Å². The molecule has 1 aliphatic rings. The predicted molar refractivity (Wildman–Crippen MR) is 73.3 cm³/mol. The van der Waals surface area contributed by atoms with Crippen LogP contribution in [0.3, 0.4) is 0 Å². The maximum atomic E-state index is 11.8. The van der Waals surface area contributed by atoms with Crippen molar-refractivity contribution >= 4 is 18.5 Å². The van der Waals surface area contributed by atoms with E-state index in [0.717, 1.165) is 12.1 Å². The maximum absolute atomic E-state index is 11.8. The number of benzene rings is 1. The number of hydrogen-bond donors (Lipinski definition) is 2. The average molecular weight is 249 g/mol. The van der Waals surface area contributed by atoms with Crippen LogP contribution in [-0.4, -0.2) is 17.7 Å². The third-order valence-electron chi connectivity index (χ3n) is 3.36. The number of thiol groups is 1. The number of carbonyl (C=O) groups is 1. The second-order valence-electron chi connectivity index (χ2n) is 4.75. The van der Waals surface area contributed by atoms with Crippen LogP contribution in [0.25, 0.3) is 0 Å². The lowest BCUT2D eigenvalue weighted by atomic mass is 9.85. The van der Waals surface area contributed by atoms with Crippen LogP contribution in [0, 0.1) is 5.92 Å². The Morgan fingerprint density at radius 1 is 1.35 bits per heavy atom. The lowest BCUT2D eigenvalue weighted by Gasteiger charge is -2.26. The standard InChI is InChI=1S/C14H19NOS/c16-14(15-10-12-7-4-8-12)13(17)9-11-5-2-1-3-6-11/h1-3,5-6,12-13,17H,4,7-10H2,(H,15,16). The summed E-state index contributed by atoms with van der Waals surface area (Å²) in [5, 5.41) is 2.75. The molecule has 0 saturated heterocycles. The van der Waals surface area contributed by atoms with E-state index >= 15 is 0 Å². The molecule has 1 aliphatic carbocycles. The third-order valence-corrected chi connectivity index (χ3v) is 3.78. The minimum Gasteiger partial charge on any atom is -0.355 e. The molecule has 0 spiro atoms. The van der Waals surface area contributed by atoms with Gasteiger partial charge in [0.1, 0.15) is 0 Å². The van der Waals surface area contributed by atoms with Crippen molar-refractivity contribution < 1.29 is 4.79 Å². The summed E-state index contributed by atoms with van der Waals surface area (Å²) in [6.07, 6.45) is 4.53. The molecule has 0 radical (unpaired) electrons. The molecular weight excluding hydrogens is 230 g/mol. The molecule has 1 unspecified atom stereocenters. The molecule has 1 amide bonds. The predicted octanol–water partition coefficient (Wildman–Crippen LogP) is 2.44. The summed E-state index contributed by atoms with van der Waals surface area (Å²) in [5.74, 6) is 0.764. The van der Waals surface area contributed by atoms with Crippen LogP contribution in [-0.2, 0) is 11.2 Å². The van der Waals surface area contributed by atoms with Crippen LogP contribution >= 0.6 is 12.6 Å². The maximum Gasteiger partial charge on any atom is 0.233 e. The Balaban J connectivity index is 1.74. The van der Waals surface area contributed by atoms with Crippen LogP contribution in [0.5, 0.6) is 0 Å². The largest absolute Gasteiger partial charge is 0.355 e. The molecule has 3 heteroatoms. The lowest BCUT2D eigenvalue weighted by molar-refractivity contribution is -0.120. The van der Waals surface area contributed by atoms with E-state index in [0.29, 0.717) is 12.3 Å². The summed E-state index contributed by atoms with van der Waals surface area (Å²) < 4.78 is 0. The Bertz CT molecular complexity index is 362. The van der Waals surface area contributed by atoms with E-state index in [1.165, 1.54) is 19.3 Å². The number of hydrogen-bond acceptors (Lipinski definition) is 2. The molecule has 1 atom stereocenters. The van der Waals surface area contributed by atoms with E-state index in [-0.39, 0.29) is 11.2 Å². The second kappa shape index (κ2) is 6.10. The fourth-order valence-corrected chi connectivity index (χ4v) is 2.29. The van der Waals surface area contributed by atoms with Crippen molar-refractivity contribution in [3.05, 3.63) is 35.9 Å². The molecule has 17 heavy (non-hydrogen) atoms. The molecular formula is C14H19NOS. The number of amides is 1. The first-order valence-electron chi connectivity index (χ1n) is 6.25. The summed E-state index contributed by atoms with van der Waals surface area (Å²) in [7, 11) is 0. The van der Waals surface area contributed by atoms with Gasteiger partial charge in [-0.3, -0.25) is 4.79 Å². The highest BCUT2D eigenvalue weighted by Crippen LogP contribution is 2.25. The monoisotopic (exact) mass is 249 g/mol.